The number of nitrogens with zero attached hydrogens (tertiary/aromatic N) is 7. The monoisotopic (exact) mass is 328 g/mol. The van der Waals surface area contributed by atoms with Crippen LogP contribution in [0.3, 0.4) is 0 Å². The first kappa shape index (κ1) is 16.1. The van der Waals surface area contributed by atoms with Crippen molar-refractivity contribution in [2.45, 2.75) is 19.4 Å². The molecule has 0 radical (unpaired) electrons. The zero-order chi connectivity index (χ0) is 16.9. The molecule has 2 N–H and O–H groups in total. The van der Waals surface area contributed by atoms with Gasteiger partial charge in [0.2, 0.25) is 5.91 Å². The highest BCUT2D eigenvalue weighted by atomic mass is 16.1. The molecule has 1 aliphatic heterocycles. The first-order chi connectivity index (χ1) is 11.7. The highest BCUT2D eigenvalue weighted by Gasteiger charge is 2.20. The van der Waals surface area contributed by atoms with Crippen LogP contribution in [0.4, 0.5) is 5.82 Å². The molecule has 2 aromatic heterocycles. The van der Waals surface area contributed by atoms with Gasteiger partial charge in [0.05, 0.1) is 37.2 Å². The highest BCUT2D eigenvalue weighted by molar-refractivity contribution is 5.86. The van der Waals surface area contributed by atoms with Gasteiger partial charge in [0.1, 0.15) is 12.1 Å². The van der Waals surface area contributed by atoms with Gasteiger partial charge in [0.25, 0.3) is 0 Å². The van der Waals surface area contributed by atoms with Crippen LogP contribution in [0.2, 0.25) is 0 Å². The van der Waals surface area contributed by atoms with Crippen molar-refractivity contribution in [3.05, 3.63) is 12.5 Å². The molecule has 1 aliphatic rings. The van der Waals surface area contributed by atoms with Crippen LogP contribution in [0.5, 0.6) is 0 Å². The maximum atomic E-state index is 11.1. The third-order valence-corrected chi connectivity index (χ3v) is 4.12. The summed E-state index contributed by atoms with van der Waals surface area (Å²) in [5.74, 6) is 0.552. The van der Waals surface area contributed by atoms with Crippen molar-refractivity contribution in [2.24, 2.45) is 5.73 Å². The number of carbonyl (C=O) groups is 1. The largest absolute Gasteiger partial charge is 0.369 e. The topological polar surface area (TPSA) is 117 Å². The molecule has 0 aromatic carbocycles. The molecule has 1 amide bonds. The van der Waals surface area contributed by atoms with Gasteiger partial charge < -0.3 is 10.6 Å². The van der Waals surface area contributed by atoms with Crippen molar-refractivity contribution >= 4 is 22.8 Å². The summed E-state index contributed by atoms with van der Waals surface area (Å²) in [6, 6.07) is 2.12. The van der Waals surface area contributed by atoms with Gasteiger partial charge in [-0.25, -0.2) is 14.6 Å². The Morgan fingerprint density at radius 3 is 2.96 bits per heavy atom. The van der Waals surface area contributed by atoms with Crippen molar-refractivity contribution in [3.63, 3.8) is 0 Å². The standard InChI is InChI=1S/C15H20N8O/c16-3-1-6-23-15-12(9-20-23)14(18-11-19-15)22-5-2-4-21(7-8-22)10-13(17)24/h9,11H,1-2,4-8,10H2,(H2,17,24). The van der Waals surface area contributed by atoms with Crippen molar-refractivity contribution in [1.82, 2.24) is 24.6 Å². The Hall–Kier alpha value is -2.73. The van der Waals surface area contributed by atoms with Gasteiger partial charge in [-0.05, 0) is 6.42 Å². The molecule has 0 atom stereocenters. The molecule has 2 aromatic rings. The van der Waals surface area contributed by atoms with Crippen LogP contribution in [-0.4, -0.2) is 63.3 Å². The van der Waals surface area contributed by atoms with E-state index in [1.165, 1.54) is 6.33 Å². The second-order valence-corrected chi connectivity index (χ2v) is 5.79. The average molecular weight is 328 g/mol. The predicted molar refractivity (Wildman–Crippen MR) is 88.0 cm³/mol. The first-order valence-corrected chi connectivity index (χ1v) is 7.98. The molecule has 1 saturated heterocycles. The third kappa shape index (κ3) is 3.44. The maximum absolute atomic E-state index is 11.1. The molecule has 0 unspecified atom stereocenters. The van der Waals surface area contributed by atoms with Gasteiger partial charge in [0, 0.05) is 26.2 Å². The Balaban J connectivity index is 1.80. The number of rotatable bonds is 5. The lowest BCUT2D eigenvalue weighted by atomic mass is 10.3. The number of aromatic nitrogens is 4. The fraction of sp³-hybridized carbons (Fsp3) is 0.533. The van der Waals surface area contributed by atoms with Gasteiger partial charge in [-0.2, -0.15) is 10.4 Å². The van der Waals surface area contributed by atoms with Crippen LogP contribution in [0.25, 0.3) is 11.0 Å². The van der Waals surface area contributed by atoms with E-state index < -0.39 is 0 Å². The van der Waals surface area contributed by atoms with Crippen LogP contribution in [-0.2, 0) is 11.3 Å². The lowest BCUT2D eigenvalue weighted by molar-refractivity contribution is -0.119. The number of nitriles is 1. The van der Waals surface area contributed by atoms with E-state index in [1.54, 1.807) is 10.9 Å². The molecule has 126 valence electrons. The van der Waals surface area contributed by atoms with Gasteiger partial charge in [-0.3, -0.25) is 9.69 Å². The minimum atomic E-state index is -0.299. The van der Waals surface area contributed by atoms with Crippen molar-refractivity contribution in [2.75, 3.05) is 37.6 Å². The van der Waals surface area contributed by atoms with Gasteiger partial charge in [-0.1, -0.05) is 0 Å². The predicted octanol–water partition coefficient (Wildman–Crippen LogP) is -0.263. The Morgan fingerprint density at radius 2 is 2.17 bits per heavy atom. The molecule has 9 heteroatoms. The van der Waals surface area contributed by atoms with E-state index in [-0.39, 0.29) is 5.91 Å². The fourth-order valence-corrected chi connectivity index (χ4v) is 3.01. The number of aryl methyl sites for hydroxylation is 1. The Kier molecular flexibility index (Phi) is 4.86. The number of anilines is 1. The van der Waals surface area contributed by atoms with E-state index in [2.05, 4.69) is 30.9 Å². The molecule has 0 saturated carbocycles. The maximum Gasteiger partial charge on any atom is 0.231 e. The smallest absolute Gasteiger partial charge is 0.231 e. The number of hydrogen-bond donors (Lipinski definition) is 1. The number of amides is 1. The summed E-state index contributed by atoms with van der Waals surface area (Å²) in [6.45, 7) is 4.03. The van der Waals surface area contributed by atoms with Gasteiger partial charge in [-0.15, -0.1) is 0 Å². The van der Waals surface area contributed by atoms with E-state index in [4.69, 9.17) is 11.0 Å². The van der Waals surface area contributed by atoms with Crippen molar-refractivity contribution in [3.8, 4) is 6.07 Å². The van der Waals surface area contributed by atoms with E-state index >= 15 is 0 Å². The summed E-state index contributed by atoms with van der Waals surface area (Å²) in [7, 11) is 0. The number of primary amides is 1. The Labute approximate surface area is 139 Å². The van der Waals surface area contributed by atoms with Crippen molar-refractivity contribution < 1.29 is 4.79 Å². The average Bonchev–Trinajstić information content (AvgIpc) is 2.84. The van der Waals surface area contributed by atoms with E-state index in [0.717, 1.165) is 49.5 Å². The van der Waals surface area contributed by atoms with E-state index in [1.807, 2.05) is 0 Å². The zero-order valence-corrected chi connectivity index (χ0v) is 13.4. The third-order valence-electron chi connectivity index (χ3n) is 4.12. The summed E-state index contributed by atoms with van der Waals surface area (Å²) in [5, 5.41) is 14.0. The van der Waals surface area contributed by atoms with Crippen LogP contribution in [0.1, 0.15) is 12.8 Å². The summed E-state index contributed by atoms with van der Waals surface area (Å²) in [6.07, 6.45) is 4.62. The van der Waals surface area contributed by atoms with Crippen LogP contribution in [0.15, 0.2) is 12.5 Å². The van der Waals surface area contributed by atoms with E-state index in [0.29, 0.717) is 19.5 Å². The molecule has 24 heavy (non-hydrogen) atoms. The number of hydrogen-bond acceptors (Lipinski definition) is 7. The number of carbonyl (C=O) groups excluding carboxylic acids is 1. The fourth-order valence-electron chi connectivity index (χ4n) is 3.01. The second kappa shape index (κ2) is 7.23. The summed E-state index contributed by atoms with van der Waals surface area (Å²) >= 11 is 0. The SMILES string of the molecule is N#CCCn1ncc2c(N3CCCN(CC(N)=O)CC3)ncnc21. The minimum Gasteiger partial charge on any atom is -0.369 e. The molecule has 9 nitrogen and oxygen atoms in total. The summed E-state index contributed by atoms with van der Waals surface area (Å²) in [5.41, 5.74) is 6.03. The molecule has 0 spiro atoms. The molecule has 3 heterocycles. The van der Waals surface area contributed by atoms with Gasteiger partial charge >= 0.3 is 0 Å². The van der Waals surface area contributed by atoms with Crippen molar-refractivity contribution in [1.29, 1.82) is 5.26 Å². The quantitative estimate of drug-likeness (QED) is 0.803. The zero-order valence-electron chi connectivity index (χ0n) is 13.4. The first-order valence-electron chi connectivity index (χ1n) is 7.98. The second-order valence-electron chi connectivity index (χ2n) is 5.79. The molecular formula is C15H20N8O. The van der Waals surface area contributed by atoms with Crippen LogP contribution in [0, 0.1) is 11.3 Å². The minimum absolute atomic E-state index is 0.291. The van der Waals surface area contributed by atoms with Gasteiger partial charge in [0.15, 0.2) is 5.65 Å². The molecular weight excluding hydrogens is 308 g/mol. The Bertz CT molecular complexity index is 764. The van der Waals surface area contributed by atoms with Crippen LogP contribution >= 0.6 is 0 Å². The van der Waals surface area contributed by atoms with E-state index in [9.17, 15) is 4.79 Å². The normalized spacial score (nSPS) is 16.0. The molecule has 1 fully saturated rings. The molecule has 3 rings (SSSR count). The molecule has 0 bridgehead atoms. The number of nitrogens with two attached hydrogens (primary N) is 1. The summed E-state index contributed by atoms with van der Waals surface area (Å²) < 4.78 is 1.74. The molecule has 0 aliphatic carbocycles. The number of fused-ring (bicyclic) bond motifs is 1. The lowest BCUT2D eigenvalue weighted by Gasteiger charge is -2.22. The lowest BCUT2D eigenvalue weighted by Crippen LogP contribution is -2.36. The Morgan fingerprint density at radius 1 is 1.29 bits per heavy atom. The van der Waals surface area contributed by atoms with Crippen LogP contribution < -0.4 is 10.6 Å². The summed E-state index contributed by atoms with van der Waals surface area (Å²) in [4.78, 5) is 24.1. The highest BCUT2D eigenvalue weighted by Crippen LogP contribution is 2.23.